The van der Waals surface area contributed by atoms with Crippen molar-refractivity contribution >= 4 is 19.1 Å². The smallest absolute Gasteiger partial charge is 0.410 e. The molecule has 0 fully saturated rings. The van der Waals surface area contributed by atoms with E-state index in [0.717, 1.165) is 11.3 Å². The van der Waals surface area contributed by atoms with Crippen molar-refractivity contribution in [1.29, 1.82) is 0 Å². The number of ether oxygens (including phenoxy) is 1. The van der Waals surface area contributed by atoms with Crippen molar-refractivity contribution in [2.24, 2.45) is 0 Å². The molecule has 0 aliphatic carbocycles. The zero-order valence-corrected chi connectivity index (χ0v) is 16.5. The van der Waals surface area contributed by atoms with Gasteiger partial charge in [0, 0.05) is 18.7 Å². The number of amides is 1. The molecule has 0 atom stereocenters. The molecule has 0 unspecified atom stereocenters. The lowest BCUT2D eigenvalue weighted by Gasteiger charge is -2.31. The van der Waals surface area contributed by atoms with Crippen LogP contribution in [0.25, 0.3) is 0 Å². The Balaban J connectivity index is 2.18. The van der Waals surface area contributed by atoms with E-state index in [1.54, 1.807) is 24.8 Å². The second-order valence-corrected chi connectivity index (χ2v) is 8.73. The van der Waals surface area contributed by atoms with Gasteiger partial charge in [0.2, 0.25) is 0 Å². The maximum Gasteiger partial charge on any atom is 0.410 e. The summed E-state index contributed by atoms with van der Waals surface area (Å²) in [6.07, 6.45) is 0.234. The molecular formula is C17H27N2O5P. The molecule has 0 saturated heterocycles. The maximum atomic E-state index is 12.8. The summed E-state index contributed by atoms with van der Waals surface area (Å²) < 4.78 is 28.9. The maximum absolute atomic E-state index is 12.8. The van der Waals surface area contributed by atoms with Crippen molar-refractivity contribution in [2.75, 3.05) is 19.8 Å². The van der Waals surface area contributed by atoms with Crippen LogP contribution in [-0.2, 0) is 31.3 Å². The molecule has 0 N–H and O–H groups in total. The number of aromatic nitrogens is 1. The number of hydrogen-bond acceptors (Lipinski definition) is 6. The highest BCUT2D eigenvalue weighted by molar-refractivity contribution is 7.61. The van der Waals surface area contributed by atoms with Gasteiger partial charge in [0.1, 0.15) is 5.60 Å². The fourth-order valence-electron chi connectivity index (χ4n) is 2.55. The molecule has 1 aliphatic rings. The molecule has 0 bridgehead atoms. The van der Waals surface area contributed by atoms with Gasteiger partial charge in [-0.05, 0) is 46.2 Å². The minimum Gasteiger partial charge on any atom is -0.444 e. The number of nitrogens with zero attached hydrogens (tertiary/aromatic N) is 2. The van der Waals surface area contributed by atoms with E-state index in [1.165, 1.54) is 0 Å². The number of hydrogen-bond donors (Lipinski definition) is 0. The third-order valence-electron chi connectivity index (χ3n) is 3.56. The van der Waals surface area contributed by atoms with Crippen molar-refractivity contribution < 1.29 is 23.1 Å². The highest BCUT2D eigenvalue weighted by atomic mass is 31.2. The zero-order chi connectivity index (χ0) is 18.7. The number of rotatable bonds is 5. The summed E-state index contributed by atoms with van der Waals surface area (Å²) in [6.45, 7) is 10.6. The predicted molar refractivity (Wildman–Crippen MR) is 95.1 cm³/mol. The minimum atomic E-state index is -3.40. The van der Waals surface area contributed by atoms with Gasteiger partial charge in [-0.2, -0.15) is 0 Å². The van der Waals surface area contributed by atoms with E-state index in [0.29, 0.717) is 24.9 Å². The summed E-state index contributed by atoms with van der Waals surface area (Å²) in [5, 5.41) is 0. The van der Waals surface area contributed by atoms with Crippen LogP contribution in [0.2, 0.25) is 0 Å². The molecule has 0 aromatic carbocycles. The molecule has 2 heterocycles. The highest BCUT2D eigenvalue weighted by Gasteiger charge is 2.31. The van der Waals surface area contributed by atoms with Gasteiger partial charge in [-0.1, -0.05) is 6.07 Å². The molecule has 140 valence electrons. The minimum absolute atomic E-state index is 0.280. The highest BCUT2D eigenvalue weighted by Crippen LogP contribution is 2.46. The Hall–Kier alpha value is -1.43. The van der Waals surface area contributed by atoms with Crippen LogP contribution in [0.4, 0.5) is 4.79 Å². The van der Waals surface area contributed by atoms with Crippen molar-refractivity contribution in [1.82, 2.24) is 9.88 Å². The van der Waals surface area contributed by atoms with E-state index in [-0.39, 0.29) is 19.3 Å². The van der Waals surface area contributed by atoms with Crippen molar-refractivity contribution in [3.8, 4) is 0 Å². The predicted octanol–water partition coefficient (Wildman–Crippen LogP) is 3.27. The molecule has 25 heavy (non-hydrogen) atoms. The molecule has 2 rings (SSSR count). The summed E-state index contributed by atoms with van der Waals surface area (Å²) in [5.74, 6) is 0. The van der Waals surface area contributed by atoms with Crippen LogP contribution in [0.5, 0.6) is 0 Å². The first-order chi connectivity index (χ1) is 11.7. The average Bonchev–Trinajstić information content (AvgIpc) is 2.52. The van der Waals surface area contributed by atoms with Crippen LogP contribution in [0.3, 0.4) is 0 Å². The monoisotopic (exact) mass is 370 g/mol. The van der Waals surface area contributed by atoms with Crippen LogP contribution < -0.4 is 5.44 Å². The van der Waals surface area contributed by atoms with Gasteiger partial charge in [0.25, 0.3) is 0 Å². The molecule has 0 spiro atoms. The lowest BCUT2D eigenvalue weighted by molar-refractivity contribution is 0.0222. The third kappa shape index (κ3) is 5.03. The summed E-state index contributed by atoms with van der Waals surface area (Å²) in [6, 6.07) is 3.49. The SMILES string of the molecule is CCOP(=O)(OCC)c1ccc2c(n1)CCN(C(=O)OC(C)(C)C)C2. The Morgan fingerprint density at radius 2 is 1.88 bits per heavy atom. The molecule has 1 aromatic rings. The topological polar surface area (TPSA) is 78.0 Å². The molecule has 8 heteroatoms. The normalized spacial score (nSPS) is 15.0. The Labute approximate surface area is 149 Å². The molecule has 0 radical (unpaired) electrons. The van der Waals surface area contributed by atoms with Crippen molar-refractivity contribution in [2.45, 2.75) is 53.2 Å². The molecular weight excluding hydrogens is 343 g/mol. The number of fused-ring (bicyclic) bond motifs is 1. The van der Waals surface area contributed by atoms with E-state index in [4.69, 9.17) is 13.8 Å². The Morgan fingerprint density at radius 3 is 2.44 bits per heavy atom. The van der Waals surface area contributed by atoms with E-state index in [2.05, 4.69) is 4.98 Å². The van der Waals surface area contributed by atoms with Crippen LogP contribution in [-0.4, -0.2) is 41.3 Å². The second-order valence-electron chi connectivity index (χ2n) is 6.76. The van der Waals surface area contributed by atoms with Crippen LogP contribution >= 0.6 is 7.60 Å². The Bertz CT molecular complexity index is 661. The van der Waals surface area contributed by atoms with Gasteiger partial charge in [-0.15, -0.1) is 0 Å². The molecule has 0 saturated carbocycles. The summed E-state index contributed by atoms with van der Waals surface area (Å²) >= 11 is 0. The molecule has 1 amide bonds. The zero-order valence-electron chi connectivity index (χ0n) is 15.6. The summed E-state index contributed by atoms with van der Waals surface area (Å²) in [7, 11) is -3.40. The third-order valence-corrected chi connectivity index (χ3v) is 5.57. The molecule has 1 aromatic heterocycles. The van der Waals surface area contributed by atoms with E-state index >= 15 is 0 Å². The van der Waals surface area contributed by atoms with Crippen molar-refractivity contribution in [3.63, 3.8) is 0 Å². The lowest BCUT2D eigenvalue weighted by Crippen LogP contribution is -2.40. The fraction of sp³-hybridized carbons (Fsp3) is 0.647. The average molecular weight is 370 g/mol. The van der Waals surface area contributed by atoms with Gasteiger partial charge < -0.3 is 18.7 Å². The molecule has 7 nitrogen and oxygen atoms in total. The largest absolute Gasteiger partial charge is 0.444 e. The fourth-order valence-corrected chi connectivity index (χ4v) is 4.07. The van der Waals surface area contributed by atoms with Crippen LogP contribution in [0.1, 0.15) is 45.9 Å². The van der Waals surface area contributed by atoms with Gasteiger partial charge in [-0.3, -0.25) is 4.57 Å². The Morgan fingerprint density at radius 1 is 1.24 bits per heavy atom. The van der Waals surface area contributed by atoms with E-state index in [9.17, 15) is 9.36 Å². The summed E-state index contributed by atoms with van der Waals surface area (Å²) in [4.78, 5) is 18.4. The first kappa shape index (κ1) is 19.9. The number of pyridine rings is 1. The van der Waals surface area contributed by atoms with E-state index in [1.807, 2.05) is 26.8 Å². The number of carbonyl (C=O) groups excluding carboxylic acids is 1. The van der Waals surface area contributed by atoms with Gasteiger partial charge in [-0.25, -0.2) is 9.78 Å². The lowest BCUT2D eigenvalue weighted by atomic mass is 10.1. The standard InChI is InChI=1S/C17H27N2O5P/c1-6-22-25(21,23-7-2)15-9-8-13-12-19(11-10-14(13)18-15)16(20)24-17(3,4)5/h8-9H,6-7,10-12H2,1-5H3. The quantitative estimate of drug-likeness (QED) is 0.741. The first-order valence-electron chi connectivity index (χ1n) is 8.55. The Kier molecular flexibility index (Phi) is 6.25. The summed E-state index contributed by atoms with van der Waals surface area (Å²) in [5.41, 5.74) is 1.53. The van der Waals surface area contributed by atoms with Gasteiger partial charge in [0.05, 0.1) is 19.8 Å². The van der Waals surface area contributed by atoms with E-state index < -0.39 is 13.2 Å². The van der Waals surface area contributed by atoms with Gasteiger partial charge >= 0.3 is 13.7 Å². The molecule has 1 aliphatic heterocycles. The number of carbonyl (C=O) groups is 1. The van der Waals surface area contributed by atoms with Crippen LogP contribution in [0, 0.1) is 0 Å². The van der Waals surface area contributed by atoms with Crippen molar-refractivity contribution in [3.05, 3.63) is 23.4 Å². The second kappa shape index (κ2) is 7.85. The first-order valence-corrected chi connectivity index (χ1v) is 10.1. The van der Waals surface area contributed by atoms with Crippen LogP contribution in [0.15, 0.2) is 12.1 Å². The van der Waals surface area contributed by atoms with Gasteiger partial charge in [0.15, 0.2) is 5.44 Å².